The zero-order valence-electron chi connectivity index (χ0n) is 11.6. The molecule has 0 aliphatic rings. The molecular weight excluding hydrogens is 327 g/mol. The van der Waals surface area contributed by atoms with Gasteiger partial charge in [0, 0.05) is 23.7 Å². The Balaban J connectivity index is 2.50. The minimum absolute atomic E-state index is 0.0277. The summed E-state index contributed by atoms with van der Waals surface area (Å²) in [7, 11) is 0. The van der Waals surface area contributed by atoms with E-state index in [4.69, 9.17) is 5.11 Å². The maximum absolute atomic E-state index is 13.2. The summed E-state index contributed by atoms with van der Waals surface area (Å²) in [6.07, 6.45) is 0.511. The first-order chi connectivity index (χ1) is 9.42. The molecule has 3 N–H and O–H groups in total. The highest BCUT2D eigenvalue weighted by Gasteiger charge is 2.15. The van der Waals surface area contributed by atoms with Crippen LogP contribution in [0.2, 0.25) is 0 Å². The van der Waals surface area contributed by atoms with E-state index in [0.29, 0.717) is 16.5 Å². The summed E-state index contributed by atoms with van der Waals surface area (Å²) in [6.45, 7) is 4.22. The molecule has 0 aliphatic heterocycles. The standard InChI is InChI=1S/C14H20BrFN2O2/c1-9(2)13(3-4-19)18-14(20)17-8-10-5-11(15)7-12(16)6-10/h5-7,9,13,19H,3-4,8H2,1-2H3,(H2,17,18,20). The Morgan fingerprint density at radius 3 is 2.65 bits per heavy atom. The maximum atomic E-state index is 13.2. The van der Waals surface area contributed by atoms with Gasteiger partial charge in [-0.1, -0.05) is 29.8 Å². The number of hydrogen-bond donors (Lipinski definition) is 3. The molecule has 112 valence electrons. The molecule has 1 aromatic carbocycles. The second-order valence-corrected chi connectivity index (χ2v) is 5.88. The molecule has 1 aromatic rings. The average molecular weight is 347 g/mol. The van der Waals surface area contributed by atoms with E-state index in [2.05, 4.69) is 26.6 Å². The highest BCUT2D eigenvalue weighted by atomic mass is 79.9. The van der Waals surface area contributed by atoms with Crippen molar-refractivity contribution in [3.8, 4) is 0 Å². The van der Waals surface area contributed by atoms with Crippen molar-refractivity contribution in [1.82, 2.24) is 10.6 Å². The molecular formula is C14H20BrFN2O2. The van der Waals surface area contributed by atoms with Gasteiger partial charge in [-0.25, -0.2) is 9.18 Å². The van der Waals surface area contributed by atoms with Gasteiger partial charge >= 0.3 is 6.03 Å². The Morgan fingerprint density at radius 2 is 2.10 bits per heavy atom. The summed E-state index contributed by atoms with van der Waals surface area (Å²) < 4.78 is 13.8. The fourth-order valence-electron chi connectivity index (χ4n) is 1.83. The minimum atomic E-state index is -0.350. The minimum Gasteiger partial charge on any atom is -0.396 e. The normalized spacial score (nSPS) is 12.3. The van der Waals surface area contributed by atoms with E-state index >= 15 is 0 Å². The Kier molecular flexibility index (Phi) is 6.95. The first kappa shape index (κ1) is 16.9. The molecule has 1 atom stereocenters. The molecule has 0 aromatic heterocycles. The van der Waals surface area contributed by atoms with Crippen molar-refractivity contribution < 1.29 is 14.3 Å². The molecule has 2 amide bonds. The van der Waals surface area contributed by atoms with Crippen LogP contribution in [0.15, 0.2) is 22.7 Å². The lowest BCUT2D eigenvalue weighted by molar-refractivity contribution is 0.218. The van der Waals surface area contributed by atoms with Gasteiger partial charge < -0.3 is 15.7 Å². The Hall–Kier alpha value is -1.14. The molecule has 0 aliphatic carbocycles. The number of carbonyl (C=O) groups is 1. The van der Waals surface area contributed by atoms with Crippen molar-refractivity contribution in [3.63, 3.8) is 0 Å². The molecule has 0 bridgehead atoms. The molecule has 0 radical (unpaired) electrons. The van der Waals surface area contributed by atoms with Crippen molar-refractivity contribution in [1.29, 1.82) is 0 Å². The molecule has 0 saturated heterocycles. The third kappa shape index (κ3) is 5.88. The number of hydrogen-bond acceptors (Lipinski definition) is 2. The molecule has 20 heavy (non-hydrogen) atoms. The van der Waals surface area contributed by atoms with Gasteiger partial charge in [-0.3, -0.25) is 0 Å². The Bertz CT molecular complexity index is 435. The molecule has 0 heterocycles. The van der Waals surface area contributed by atoms with Crippen LogP contribution >= 0.6 is 15.9 Å². The van der Waals surface area contributed by atoms with Gasteiger partial charge in [-0.2, -0.15) is 0 Å². The van der Waals surface area contributed by atoms with Gasteiger partial charge in [0.05, 0.1) is 0 Å². The predicted molar refractivity (Wildman–Crippen MR) is 79.8 cm³/mol. The number of aliphatic hydroxyl groups is 1. The van der Waals surface area contributed by atoms with E-state index in [-0.39, 0.29) is 37.0 Å². The molecule has 1 rings (SSSR count). The van der Waals surface area contributed by atoms with Gasteiger partial charge in [0.2, 0.25) is 0 Å². The van der Waals surface area contributed by atoms with Crippen molar-refractivity contribution in [3.05, 3.63) is 34.1 Å². The van der Waals surface area contributed by atoms with Crippen LogP contribution in [-0.2, 0) is 6.54 Å². The topological polar surface area (TPSA) is 61.4 Å². The summed E-state index contributed by atoms with van der Waals surface area (Å²) in [5.41, 5.74) is 0.676. The van der Waals surface area contributed by atoms with Gasteiger partial charge in [0.25, 0.3) is 0 Å². The third-order valence-corrected chi connectivity index (χ3v) is 3.39. The summed E-state index contributed by atoms with van der Waals surface area (Å²) in [4.78, 5) is 11.8. The first-order valence-corrected chi connectivity index (χ1v) is 7.32. The number of nitrogens with one attached hydrogen (secondary N) is 2. The Morgan fingerprint density at radius 1 is 1.40 bits per heavy atom. The van der Waals surface area contributed by atoms with Gasteiger partial charge in [0.15, 0.2) is 0 Å². The summed E-state index contributed by atoms with van der Waals surface area (Å²) in [5, 5.41) is 14.4. The number of halogens is 2. The van der Waals surface area contributed by atoms with Crippen LogP contribution in [0.25, 0.3) is 0 Å². The predicted octanol–water partition coefficient (Wildman–Crippen LogP) is 2.79. The van der Waals surface area contributed by atoms with E-state index in [1.807, 2.05) is 13.8 Å². The zero-order valence-corrected chi connectivity index (χ0v) is 13.2. The van der Waals surface area contributed by atoms with Gasteiger partial charge in [-0.15, -0.1) is 0 Å². The number of amides is 2. The number of aliphatic hydroxyl groups excluding tert-OH is 1. The molecule has 0 saturated carbocycles. The highest BCUT2D eigenvalue weighted by molar-refractivity contribution is 9.10. The van der Waals surface area contributed by atoms with Crippen LogP contribution in [0.4, 0.5) is 9.18 Å². The molecule has 4 nitrogen and oxygen atoms in total. The van der Waals surface area contributed by atoms with E-state index in [0.717, 1.165) is 0 Å². The van der Waals surface area contributed by atoms with Crippen LogP contribution in [0, 0.1) is 11.7 Å². The maximum Gasteiger partial charge on any atom is 0.315 e. The Labute approximate surface area is 126 Å². The fourth-order valence-corrected chi connectivity index (χ4v) is 2.34. The second kappa shape index (κ2) is 8.21. The quantitative estimate of drug-likeness (QED) is 0.741. The van der Waals surface area contributed by atoms with Crippen molar-refractivity contribution >= 4 is 22.0 Å². The molecule has 1 unspecified atom stereocenters. The van der Waals surface area contributed by atoms with Gasteiger partial charge in [-0.05, 0) is 36.1 Å². The smallest absolute Gasteiger partial charge is 0.315 e. The van der Waals surface area contributed by atoms with Crippen molar-refractivity contribution in [2.75, 3.05) is 6.61 Å². The third-order valence-electron chi connectivity index (χ3n) is 2.94. The largest absolute Gasteiger partial charge is 0.396 e. The van der Waals surface area contributed by atoms with E-state index in [1.54, 1.807) is 6.07 Å². The summed E-state index contributed by atoms with van der Waals surface area (Å²) in [5.74, 6) is -0.117. The second-order valence-electron chi connectivity index (χ2n) is 4.97. The highest BCUT2D eigenvalue weighted by Crippen LogP contribution is 2.14. The lowest BCUT2D eigenvalue weighted by Gasteiger charge is -2.21. The zero-order chi connectivity index (χ0) is 15.1. The molecule has 6 heteroatoms. The van der Waals surface area contributed by atoms with E-state index in [9.17, 15) is 9.18 Å². The molecule has 0 fully saturated rings. The number of benzene rings is 1. The first-order valence-electron chi connectivity index (χ1n) is 6.52. The number of rotatable bonds is 6. The SMILES string of the molecule is CC(C)C(CCO)NC(=O)NCc1cc(F)cc(Br)c1. The van der Waals surface area contributed by atoms with Crippen LogP contribution in [0.5, 0.6) is 0 Å². The number of carbonyl (C=O) groups excluding carboxylic acids is 1. The lowest BCUT2D eigenvalue weighted by Crippen LogP contribution is -2.44. The van der Waals surface area contributed by atoms with Crippen molar-refractivity contribution in [2.24, 2.45) is 5.92 Å². The fraction of sp³-hybridized carbons (Fsp3) is 0.500. The molecule has 0 spiro atoms. The number of urea groups is 1. The average Bonchev–Trinajstić information content (AvgIpc) is 2.34. The van der Waals surface area contributed by atoms with Crippen LogP contribution in [0.1, 0.15) is 25.8 Å². The summed E-state index contributed by atoms with van der Waals surface area (Å²) >= 11 is 3.20. The van der Waals surface area contributed by atoms with Crippen LogP contribution in [-0.4, -0.2) is 23.8 Å². The summed E-state index contributed by atoms with van der Waals surface area (Å²) in [6, 6.07) is 4.08. The van der Waals surface area contributed by atoms with E-state index < -0.39 is 0 Å². The lowest BCUT2D eigenvalue weighted by atomic mass is 10.0. The monoisotopic (exact) mass is 346 g/mol. The van der Waals surface area contributed by atoms with E-state index in [1.165, 1.54) is 12.1 Å². The van der Waals surface area contributed by atoms with Crippen LogP contribution < -0.4 is 10.6 Å². The van der Waals surface area contributed by atoms with Crippen LogP contribution in [0.3, 0.4) is 0 Å². The van der Waals surface area contributed by atoms with Crippen molar-refractivity contribution in [2.45, 2.75) is 32.9 Å². The van der Waals surface area contributed by atoms with Gasteiger partial charge in [0.1, 0.15) is 5.82 Å².